The molecule has 0 atom stereocenters. The highest BCUT2D eigenvalue weighted by molar-refractivity contribution is 6.61. The number of carbonyl (C=O) groups excluding carboxylic acids is 1. The molecule has 6 nitrogen and oxygen atoms in total. The third-order valence-corrected chi connectivity index (χ3v) is 5.95. The van der Waals surface area contributed by atoms with Gasteiger partial charge in [-0.05, 0) is 34.4 Å². The second-order valence-corrected chi connectivity index (χ2v) is 8.48. The van der Waals surface area contributed by atoms with Crippen LogP contribution in [0.25, 0.3) is 11.1 Å². The summed E-state index contributed by atoms with van der Waals surface area (Å²) in [4.78, 5) is 22.6. The van der Waals surface area contributed by atoms with Crippen LogP contribution in [0.2, 0.25) is 0 Å². The SMILES string of the molecule is [B]c1nc(C([B])([B])N2CCOc3ccc(-c4c([B])c([B])c(OC(F)(F)F)c([B])c4[B])cc3C2=O)nc([B])c1[B]. The number of alkyl halides is 3. The standard InChI is InChI=1S/C21H7B9F3N3O3/c22-10-9(11(23)13(25)15(12(10)24)39-21(31,32)33)6-1-2-8-7(5-6)18(37)36(3-4-38-8)20(29,30)19-34-16(27)14(26)17(28)35-19/h1-2,5H,3-4H2. The summed E-state index contributed by atoms with van der Waals surface area (Å²) in [5, 5.41) is -2.13. The maximum absolute atomic E-state index is 13.7. The lowest BCUT2D eigenvalue weighted by Crippen LogP contribution is -2.55. The highest BCUT2D eigenvalue weighted by Gasteiger charge is 2.38. The van der Waals surface area contributed by atoms with Crippen molar-refractivity contribution in [1.29, 1.82) is 0 Å². The summed E-state index contributed by atoms with van der Waals surface area (Å²) in [5.41, 5.74) is -2.37. The van der Waals surface area contributed by atoms with Gasteiger partial charge >= 0.3 is 6.36 Å². The van der Waals surface area contributed by atoms with Crippen molar-refractivity contribution in [1.82, 2.24) is 14.9 Å². The summed E-state index contributed by atoms with van der Waals surface area (Å²) in [6, 6.07) is 4.18. The van der Waals surface area contributed by atoms with Crippen molar-refractivity contribution in [2.24, 2.45) is 0 Å². The van der Waals surface area contributed by atoms with Gasteiger partial charge in [0.1, 0.15) is 94.5 Å². The molecule has 2 aromatic carbocycles. The van der Waals surface area contributed by atoms with Crippen molar-refractivity contribution in [3.05, 3.63) is 29.6 Å². The zero-order valence-electron chi connectivity index (χ0n) is 20.0. The van der Waals surface area contributed by atoms with Gasteiger partial charge in [0.2, 0.25) is 0 Å². The molecule has 2 heterocycles. The molecule has 0 bridgehead atoms. The summed E-state index contributed by atoms with van der Waals surface area (Å²) in [7, 11) is 53.5. The van der Waals surface area contributed by atoms with E-state index >= 15 is 0 Å². The Kier molecular flexibility index (Phi) is 7.55. The molecule has 1 amide bonds. The van der Waals surface area contributed by atoms with Gasteiger partial charge in [-0.3, -0.25) is 4.79 Å². The molecule has 4 rings (SSSR count). The number of halogens is 3. The van der Waals surface area contributed by atoms with Crippen molar-refractivity contribution in [3.8, 4) is 22.6 Å². The number of aromatic nitrogens is 2. The Balaban J connectivity index is 1.81. The molecule has 172 valence electrons. The van der Waals surface area contributed by atoms with E-state index in [0.717, 1.165) is 4.90 Å². The van der Waals surface area contributed by atoms with Crippen LogP contribution in [0.5, 0.6) is 11.5 Å². The van der Waals surface area contributed by atoms with E-state index in [1.54, 1.807) is 0 Å². The van der Waals surface area contributed by atoms with Crippen LogP contribution in [0.4, 0.5) is 13.2 Å². The molecule has 0 saturated carbocycles. The first-order valence-electron chi connectivity index (χ1n) is 10.9. The van der Waals surface area contributed by atoms with Crippen LogP contribution < -0.4 is 48.0 Å². The van der Waals surface area contributed by atoms with Crippen LogP contribution in [0, 0.1) is 0 Å². The van der Waals surface area contributed by atoms with Gasteiger partial charge in [0.25, 0.3) is 5.91 Å². The molecule has 39 heavy (non-hydrogen) atoms. The average Bonchev–Trinajstić information content (AvgIpc) is 3.02. The molecule has 0 N–H and O–H groups in total. The lowest BCUT2D eigenvalue weighted by atomic mass is 9.59. The Morgan fingerprint density at radius 1 is 0.872 bits per heavy atom. The fourth-order valence-corrected chi connectivity index (χ4v) is 3.97. The number of hydrogen-bond donors (Lipinski definition) is 0. The number of rotatable bonds is 4. The summed E-state index contributed by atoms with van der Waals surface area (Å²) < 4.78 is 48.2. The molecule has 1 aliphatic rings. The molecule has 0 saturated heterocycles. The third-order valence-electron chi connectivity index (χ3n) is 5.95. The van der Waals surface area contributed by atoms with E-state index < -0.39 is 34.3 Å². The average molecular weight is 504 g/mol. The van der Waals surface area contributed by atoms with Crippen LogP contribution in [0.15, 0.2) is 18.2 Å². The first-order valence-corrected chi connectivity index (χ1v) is 10.9. The predicted molar refractivity (Wildman–Crippen MR) is 148 cm³/mol. The first-order chi connectivity index (χ1) is 18.0. The topological polar surface area (TPSA) is 64.6 Å². The Morgan fingerprint density at radius 3 is 1.97 bits per heavy atom. The van der Waals surface area contributed by atoms with Crippen molar-refractivity contribution in [2.45, 2.75) is 11.7 Å². The normalized spacial score (nSPS) is 13.9. The second-order valence-electron chi connectivity index (χ2n) is 8.48. The van der Waals surface area contributed by atoms with Crippen LogP contribution in [0.3, 0.4) is 0 Å². The van der Waals surface area contributed by atoms with E-state index in [9.17, 15) is 18.0 Å². The van der Waals surface area contributed by atoms with Crippen molar-refractivity contribution in [2.75, 3.05) is 13.2 Å². The van der Waals surface area contributed by atoms with E-state index in [1.807, 2.05) is 0 Å². The summed E-state index contributed by atoms with van der Waals surface area (Å²) >= 11 is 0. The van der Waals surface area contributed by atoms with Gasteiger partial charge in [-0.25, -0.2) is 9.97 Å². The maximum Gasteiger partial charge on any atom is 0.573 e. The van der Waals surface area contributed by atoms with Gasteiger partial charge in [-0.15, -0.1) is 13.2 Å². The fourth-order valence-electron chi connectivity index (χ4n) is 3.97. The minimum atomic E-state index is -5.11. The quantitative estimate of drug-likeness (QED) is 0.333. The fraction of sp³-hybridized carbons (Fsp3) is 0.190. The number of nitrogens with zero attached hydrogens (tertiary/aromatic N) is 3. The summed E-state index contributed by atoms with van der Waals surface area (Å²) in [6.45, 7) is -0.154. The van der Waals surface area contributed by atoms with Crippen LogP contribution >= 0.6 is 0 Å². The third kappa shape index (κ3) is 5.26. The summed E-state index contributed by atoms with van der Waals surface area (Å²) in [6.07, 6.45) is -5.11. The van der Waals surface area contributed by atoms with E-state index in [-0.39, 0.29) is 69.0 Å². The molecular formula is C21H7B9F3N3O3. The van der Waals surface area contributed by atoms with E-state index in [4.69, 9.17) is 75.4 Å². The lowest BCUT2D eigenvalue weighted by Gasteiger charge is -2.38. The van der Waals surface area contributed by atoms with E-state index in [1.165, 1.54) is 18.2 Å². The molecule has 18 heteroatoms. The van der Waals surface area contributed by atoms with E-state index in [0.29, 0.717) is 0 Å². The van der Waals surface area contributed by atoms with Gasteiger partial charge in [-0.2, -0.15) is 0 Å². The number of fused-ring (bicyclic) bond motifs is 1. The monoisotopic (exact) mass is 505 g/mol. The van der Waals surface area contributed by atoms with Gasteiger partial charge in [-0.1, -0.05) is 33.4 Å². The van der Waals surface area contributed by atoms with Crippen LogP contribution in [-0.4, -0.2) is 111 Å². The van der Waals surface area contributed by atoms with Crippen LogP contribution in [0.1, 0.15) is 16.2 Å². The molecule has 0 aliphatic carbocycles. The van der Waals surface area contributed by atoms with Crippen molar-refractivity contribution in [3.63, 3.8) is 0 Å². The lowest BCUT2D eigenvalue weighted by molar-refractivity contribution is -0.273. The predicted octanol–water partition coefficient (Wildman–Crippen LogP) is -5.42. The minimum Gasteiger partial charge on any atom is -0.491 e. The van der Waals surface area contributed by atoms with Gasteiger partial charge in [0.05, 0.1) is 12.1 Å². The summed E-state index contributed by atoms with van der Waals surface area (Å²) in [5.74, 6) is -1.84. The van der Waals surface area contributed by atoms with Crippen molar-refractivity contribution >= 4 is 115 Å². The molecule has 18 radical (unpaired) electrons. The van der Waals surface area contributed by atoms with Crippen LogP contribution in [-0.2, 0) is 5.34 Å². The molecule has 0 spiro atoms. The highest BCUT2D eigenvalue weighted by Crippen LogP contribution is 2.31. The zero-order valence-corrected chi connectivity index (χ0v) is 20.0. The molecule has 0 unspecified atom stereocenters. The Labute approximate surface area is 234 Å². The molecular weight excluding hydrogens is 497 g/mol. The number of hydrogen-bond acceptors (Lipinski definition) is 5. The largest absolute Gasteiger partial charge is 0.573 e. The maximum atomic E-state index is 13.7. The number of amides is 1. The highest BCUT2D eigenvalue weighted by atomic mass is 19.4. The second kappa shape index (κ2) is 10.2. The zero-order chi connectivity index (χ0) is 29.0. The molecule has 1 aromatic heterocycles. The Hall–Kier alpha value is -3.04. The van der Waals surface area contributed by atoms with Gasteiger partial charge in [0, 0.05) is 5.34 Å². The molecule has 0 fully saturated rings. The van der Waals surface area contributed by atoms with Gasteiger partial charge in [0.15, 0.2) is 0 Å². The Bertz CT molecular complexity index is 1450. The van der Waals surface area contributed by atoms with Gasteiger partial charge < -0.3 is 14.4 Å². The molecule has 1 aliphatic heterocycles. The number of carbonyl (C=O) groups is 1. The van der Waals surface area contributed by atoms with Crippen molar-refractivity contribution < 1.29 is 27.4 Å². The molecule has 3 aromatic rings. The Morgan fingerprint density at radius 2 is 1.44 bits per heavy atom. The first kappa shape index (κ1) is 29.0. The number of ether oxygens (including phenoxy) is 2. The van der Waals surface area contributed by atoms with E-state index in [2.05, 4.69) is 14.7 Å². The number of benzene rings is 2. The smallest absolute Gasteiger partial charge is 0.491 e. The minimum absolute atomic E-state index is 0.0399.